The second-order valence-corrected chi connectivity index (χ2v) is 4.63. The molecule has 23 heavy (non-hydrogen) atoms. The number of hydrogen-bond donors (Lipinski definition) is 2. The summed E-state index contributed by atoms with van der Waals surface area (Å²) in [5.74, 6) is 1.16. The largest absolute Gasteiger partial charge is 0.491 e. The lowest BCUT2D eigenvalue weighted by Gasteiger charge is -2.09. The van der Waals surface area contributed by atoms with Crippen LogP contribution >= 0.6 is 0 Å². The molecule has 0 saturated carbocycles. The fourth-order valence-corrected chi connectivity index (χ4v) is 1.89. The normalized spacial score (nSPS) is 10.2. The van der Waals surface area contributed by atoms with Crippen LogP contribution in [0.3, 0.4) is 0 Å². The summed E-state index contributed by atoms with van der Waals surface area (Å²) in [6.45, 7) is 3.96. The van der Waals surface area contributed by atoms with Gasteiger partial charge >= 0.3 is 5.97 Å². The molecule has 122 valence electrons. The number of aliphatic hydroxyl groups is 1. The van der Waals surface area contributed by atoms with Gasteiger partial charge in [-0.15, -0.1) is 0 Å². The first kappa shape index (κ1) is 16.7. The topological polar surface area (TPSA) is 93.6 Å². The van der Waals surface area contributed by atoms with Gasteiger partial charge in [-0.1, -0.05) is 0 Å². The number of nitrogens with one attached hydrogen (secondary N) is 1. The summed E-state index contributed by atoms with van der Waals surface area (Å²) in [7, 11) is 0. The van der Waals surface area contributed by atoms with Crippen LogP contribution < -0.4 is 10.1 Å². The van der Waals surface area contributed by atoms with Crippen molar-refractivity contribution in [1.82, 2.24) is 9.97 Å². The second-order valence-electron chi connectivity index (χ2n) is 4.63. The average Bonchev–Trinajstić information content (AvgIpc) is 2.54. The van der Waals surface area contributed by atoms with E-state index in [-0.39, 0.29) is 18.9 Å². The fourth-order valence-electron chi connectivity index (χ4n) is 1.89. The number of rotatable bonds is 7. The molecule has 7 heteroatoms. The molecule has 0 saturated heterocycles. The van der Waals surface area contributed by atoms with E-state index < -0.39 is 5.97 Å². The number of carbonyl (C=O) groups excluding carboxylic acids is 1. The molecule has 2 rings (SSSR count). The Morgan fingerprint density at radius 2 is 2.00 bits per heavy atom. The first-order valence-electron chi connectivity index (χ1n) is 7.26. The minimum Gasteiger partial charge on any atom is -0.491 e. The number of carbonyl (C=O) groups is 1. The Kier molecular flexibility index (Phi) is 5.87. The third kappa shape index (κ3) is 4.93. The van der Waals surface area contributed by atoms with Crippen molar-refractivity contribution in [2.45, 2.75) is 13.8 Å². The molecule has 0 aliphatic rings. The van der Waals surface area contributed by atoms with Crippen LogP contribution in [0.2, 0.25) is 0 Å². The monoisotopic (exact) mass is 317 g/mol. The first-order chi connectivity index (χ1) is 11.1. The highest BCUT2D eigenvalue weighted by Gasteiger charge is 2.11. The van der Waals surface area contributed by atoms with Crippen molar-refractivity contribution in [3.05, 3.63) is 41.9 Å². The number of benzene rings is 1. The van der Waals surface area contributed by atoms with Crippen molar-refractivity contribution in [3.8, 4) is 5.75 Å². The van der Waals surface area contributed by atoms with Crippen LogP contribution in [0.4, 0.5) is 11.5 Å². The molecule has 7 nitrogen and oxygen atoms in total. The predicted molar refractivity (Wildman–Crippen MR) is 85.0 cm³/mol. The summed E-state index contributed by atoms with van der Waals surface area (Å²) in [5, 5.41) is 11.8. The molecule has 0 amide bonds. The summed E-state index contributed by atoms with van der Waals surface area (Å²) in [4.78, 5) is 20.1. The molecule has 0 atom stereocenters. The van der Waals surface area contributed by atoms with Gasteiger partial charge in [0.25, 0.3) is 0 Å². The SMILES string of the molecule is CCOC(=O)c1cc(Nc2ccc(OCCO)cc2)nc(C)n1. The van der Waals surface area contributed by atoms with Gasteiger partial charge < -0.3 is 19.9 Å². The molecule has 2 N–H and O–H groups in total. The van der Waals surface area contributed by atoms with Crippen molar-refractivity contribution in [1.29, 1.82) is 0 Å². The number of nitrogens with zero attached hydrogens (tertiary/aromatic N) is 2. The highest BCUT2D eigenvalue weighted by atomic mass is 16.5. The van der Waals surface area contributed by atoms with Gasteiger partial charge in [0.1, 0.15) is 24.0 Å². The first-order valence-corrected chi connectivity index (χ1v) is 7.26. The quantitative estimate of drug-likeness (QED) is 0.755. The van der Waals surface area contributed by atoms with Crippen molar-refractivity contribution < 1.29 is 19.4 Å². The Morgan fingerprint density at radius 1 is 1.26 bits per heavy atom. The standard InChI is InChI=1S/C16H19N3O4/c1-3-22-16(21)14-10-15(18-11(2)17-14)19-12-4-6-13(7-5-12)23-9-8-20/h4-7,10,20H,3,8-9H2,1-2H3,(H,17,18,19). The van der Waals surface area contributed by atoms with Gasteiger partial charge in [-0.2, -0.15) is 0 Å². The van der Waals surface area contributed by atoms with E-state index in [0.29, 0.717) is 24.0 Å². The molecule has 0 aliphatic heterocycles. The van der Waals surface area contributed by atoms with E-state index in [1.54, 1.807) is 32.0 Å². The van der Waals surface area contributed by atoms with Gasteiger partial charge in [-0.05, 0) is 38.1 Å². The number of aliphatic hydroxyl groups excluding tert-OH is 1. The number of anilines is 2. The van der Waals surface area contributed by atoms with Gasteiger partial charge in [0.2, 0.25) is 0 Å². The fraction of sp³-hybridized carbons (Fsp3) is 0.312. The molecule has 1 heterocycles. The molecule has 2 aromatic rings. The van der Waals surface area contributed by atoms with E-state index in [9.17, 15) is 4.79 Å². The van der Waals surface area contributed by atoms with Gasteiger partial charge in [-0.3, -0.25) is 0 Å². The van der Waals surface area contributed by atoms with Crippen LogP contribution in [0.5, 0.6) is 5.75 Å². The number of aromatic nitrogens is 2. The zero-order valence-electron chi connectivity index (χ0n) is 13.1. The van der Waals surface area contributed by atoms with Crippen LogP contribution in [-0.2, 0) is 4.74 Å². The second kappa shape index (κ2) is 8.09. The summed E-state index contributed by atoms with van der Waals surface area (Å²) < 4.78 is 10.2. The summed E-state index contributed by atoms with van der Waals surface area (Å²) in [5.41, 5.74) is 0.999. The number of hydrogen-bond acceptors (Lipinski definition) is 7. The van der Waals surface area contributed by atoms with Crippen molar-refractivity contribution in [3.63, 3.8) is 0 Å². The highest BCUT2D eigenvalue weighted by Crippen LogP contribution is 2.19. The molecule has 0 fully saturated rings. The molecule has 0 unspecified atom stereocenters. The predicted octanol–water partition coefficient (Wildman–Crippen LogP) is 2.08. The Labute approximate surface area is 134 Å². The Hall–Kier alpha value is -2.67. The third-order valence-electron chi connectivity index (χ3n) is 2.81. The Balaban J connectivity index is 2.11. The third-order valence-corrected chi connectivity index (χ3v) is 2.81. The zero-order chi connectivity index (χ0) is 16.7. The van der Waals surface area contributed by atoms with E-state index in [4.69, 9.17) is 14.6 Å². The highest BCUT2D eigenvalue weighted by molar-refractivity contribution is 5.88. The molecule has 0 aliphatic carbocycles. The maximum absolute atomic E-state index is 11.8. The molecule has 0 bridgehead atoms. The van der Waals surface area contributed by atoms with Crippen molar-refractivity contribution in [2.75, 3.05) is 25.1 Å². The lowest BCUT2D eigenvalue weighted by molar-refractivity contribution is 0.0519. The number of aryl methyl sites for hydroxylation is 1. The van der Waals surface area contributed by atoms with Gasteiger partial charge in [0.15, 0.2) is 5.69 Å². The van der Waals surface area contributed by atoms with E-state index in [1.165, 1.54) is 0 Å². The van der Waals surface area contributed by atoms with Crippen LogP contribution in [0, 0.1) is 6.92 Å². The van der Waals surface area contributed by atoms with E-state index in [1.807, 2.05) is 12.1 Å². The molecule has 1 aromatic carbocycles. The van der Waals surface area contributed by atoms with Gasteiger partial charge in [0.05, 0.1) is 13.2 Å². The molecular formula is C16H19N3O4. The van der Waals surface area contributed by atoms with Gasteiger partial charge in [0, 0.05) is 11.8 Å². The molecular weight excluding hydrogens is 298 g/mol. The molecule has 0 radical (unpaired) electrons. The number of ether oxygens (including phenoxy) is 2. The smallest absolute Gasteiger partial charge is 0.357 e. The van der Waals surface area contributed by atoms with Crippen molar-refractivity contribution in [2.24, 2.45) is 0 Å². The molecule has 0 spiro atoms. The van der Waals surface area contributed by atoms with E-state index >= 15 is 0 Å². The van der Waals surface area contributed by atoms with Gasteiger partial charge in [-0.25, -0.2) is 14.8 Å². The number of esters is 1. The summed E-state index contributed by atoms with van der Waals surface area (Å²) >= 11 is 0. The molecule has 1 aromatic heterocycles. The van der Waals surface area contributed by atoms with Crippen molar-refractivity contribution >= 4 is 17.5 Å². The van der Waals surface area contributed by atoms with Crippen LogP contribution in [0.15, 0.2) is 30.3 Å². The van der Waals surface area contributed by atoms with Crippen LogP contribution in [-0.4, -0.2) is 40.9 Å². The Bertz CT molecular complexity index is 659. The minimum absolute atomic E-state index is 0.0309. The zero-order valence-corrected chi connectivity index (χ0v) is 13.1. The van der Waals surface area contributed by atoms with E-state index in [2.05, 4.69) is 15.3 Å². The van der Waals surface area contributed by atoms with E-state index in [0.717, 1.165) is 5.69 Å². The lowest BCUT2D eigenvalue weighted by atomic mass is 10.3. The average molecular weight is 317 g/mol. The summed E-state index contributed by atoms with van der Waals surface area (Å²) in [6.07, 6.45) is 0. The summed E-state index contributed by atoms with van der Waals surface area (Å²) in [6, 6.07) is 8.72. The minimum atomic E-state index is -0.478. The Morgan fingerprint density at radius 3 is 2.65 bits per heavy atom. The maximum Gasteiger partial charge on any atom is 0.357 e. The maximum atomic E-state index is 11.8. The van der Waals surface area contributed by atoms with Crippen LogP contribution in [0.1, 0.15) is 23.2 Å². The lowest BCUT2D eigenvalue weighted by Crippen LogP contribution is -2.10. The van der Waals surface area contributed by atoms with Crippen LogP contribution in [0.25, 0.3) is 0 Å².